The number of aromatic nitrogens is 2. The van der Waals surface area contributed by atoms with Gasteiger partial charge in [0.2, 0.25) is 5.91 Å². The monoisotopic (exact) mass is 297 g/mol. The molecule has 2 aromatic heterocycles. The molecular formula is C17H16FN3O. The Morgan fingerprint density at radius 3 is 2.77 bits per heavy atom. The fourth-order valence-corrected chi connectivity index (χ4v) is 2.28. The van der Waals surface area contributed by atoms with Gasteiger partial charge >= 0.3 is 0 Å². The number of fused-ring (bicyclic) bond motifs is 1. The number of carbonyl (C=O) groups is 1. The van der Waals surface area contributed by atoms with Crippen molar-refractivity contribution < 1.29 is 9.18 Å². The SMILES string of the molecule is O=C(CCc1ccccc1)NCc1cn2cc(F)ccc2n1. The predicted molar refractivity (Wildman–Crippen MR) is 81.8 cm³/mol. The number of nitrogens with zero attached hydrogens (tertiary/aromatic N) is 2. The molecule has 1 aromatic carbocycles. The van der Waals surface area contributed by atoms with Crippen molar-refractivity contribution in [2.45, 2.75) is 19.4 Å². The summed E-state index contributed by atoms with van der Waals surface area (Å²) in [7, 11) is 0. The zero-order valence-electron chi connectivity index (χ0n) is 12.0. The van der Waals surface area contributed by atoms with Gasteiger partial charge in [0.15, 0.2) is 0 Å². The molecule has 0 aliphatic rings. The van der Waals surface area contributed by atoms with Gasteiger partial charge in [0.05, 0.1) is 12.2 Å². The number of halogens is 1. The van der Waals surface area contributed by atoms with Crippen LogP contribution in [0.1, 0.15) is 17.7 Å². The predicted octanol–water partition coefficient (Wildman–Crippen LogP) is 2.72. The highest BCUT2D eigenvalue weighted by molar-refractivity contribution is 5.76. The molecule has 22 heavy (non-hydrogen) atoms. The van der Waals surface area contributed by atoms with E-state index in [2.05, 4.69) is 10.3 Å². The molecule has 0 bridgehead atoms. The highest BCUT2D eigenvalue weighted by Crippen LogP contribution is 2.07. The molecule has 0 fully saturated rings. The van der Waals surface area contributed by atoms with Gasteiger partial charge in [0, 0.05) is 18.8 Å². The zero-order chi connectivity index (χ0) is 15.4. The number of pyridine rings is 1. The molecule has 1 amide bonds. The summed E-state index contributed by atoms with van der Waals surface area (Å²) in [4.78, 5) is 16.2. The number of hydrogen-bond acceptors (Lipinski definition) is 2. The van der Waals surface area contributed by atoms with E-state index < -0.39 is 0 Å². The molecule has 0 unspecified atom stereocenters. The summed E-state index contributed by atoms with van der Waals surface area (Å²) < 4.78 is 14.7. The van der Waals surface area contributed by atoms with Crippen molar-refractivity contribution >= 4 is 11.6 Å². The Morgan fingerprint density at radius 2 is 1.95 bits per heavy atom. The van der Waals surface area contributed by atoms with Gasteiger partial charge < -0.3 is 9.72 Å². The molecule has 3 rings (SSSR count). The minimum atomic E-state index is -0.316. The van der Waals surface area contributed by atoms with E-state index in [0.717, 1.165) is 5.56 Å². The van der Waals surface area contributed by atoms with Crippen LogP contribution in [0.15, 0.2) is 54.9 Å². The van der Waals surface area contributed by atoms with Crippen molar-refractivity contribution in [3.8, 4) is 0 Å². The van der Waals surface area contributed by atoms with Crippen molar-refractivity contribution in [2.75, 3.05) is 0 Å². The summed E-state index contributed by atoms with van der Waals surface area (Å²) in [5, 5.41) is 2.84. The fourth-order valence-electron chi connectivity index (χ4n) is 2.28. The molecule has 5 heteroatoms. The van der Waals surface area contributed by atoms with Gasteiger partial charge in [-0.25, -0.2) is 9.37 Å². The molecule has 0 aliphatic heterocycles. The smallest absolute Gasteiger partial charge is 0.220 e. The van der Waals surface area contributed by atoms with E-state index in [0.29, 0.717) is 30.7 Å². The summed E-state index contributed by atoms with van der Waals surface area (Å²) in [5.74, 6) is -0.338. The molecule has 0 saturated carbocycles. The first-order valence-electron chi connectivity index (χ1n) is 7.14. The highest BCUT2D eigenvalue weighted by atomic mass is 19.1. The van der Waals surface area contributed by atoms with E-state index in [9.17, 15) is 9.18 Å². The van der Waals surface area contributed by atoms with E-state index in [1.54, 1.807) is 16.7 Å². The van der Waals surface area contributed by atoms with Crippen molar-refractivity contribution in [2.24, 2.45) is 0 Å². The van der Waals surface area contributed by atoms with E-state index in [1.807, 2.05) is 30.3 Å². The van der Waals surface area contributed by atoms with Crippen LogP contribution >= 0.6 is 0 Å². The third kappa shape index (κ3) is 3.49. The van der Waals surface area contributed by atoms with E-state index in [-0.39, 0.29) is 11.7 Å². The van der Waals surface area contributed by atoms with Gasteiger partial charge in [-0.05, 0) is 24.1 Å². The van der Waals surface area contributed by atoms with Crippen LogP contribution in [0.2, 0.25) is 0 Å². The first-order valence-corrected chi connectivity index (χ1v) is 7.14. The van der Waals surface area contributed by atoms with E-state index >= 15 is 0 Å². The maximum absolute atomic E-state index is 13.1. The van der Waals surface area contributed by atoms with Gasteiger partial charge in [0.1, 0.15) is 11.5 Å². The zero-order valence-corrected chi connectivity index (χ0v) is 12.0. The van der Waals surface area contributed by atoms with Crippen molar-refractivity contribution in [1.29, 1.82) is 0 Å². The third-order valence-electron chi connectivity index (χ3n) is 3.42. The molecule has 0 saturated heterocycles. The number of carbonyl (C=O) groups excluding carboxylic acids is 1. The quantitative estimate of drug-likeness (QED) is 0.787. The Labute approximate surface area is 127 Å². The average molecular weight is 297 g/mol. The lowest BCUT2D eigenvalue weighted by Gasteiger charge is -2.03. The third-order valence-corrected chi connectivity index (χ3v) is 3.42. The molecule has 112 valence electrons. The molecule has 0 spiro atoms. The highest BCUT2D eigenvalue weighted by Gasteiger charge is 2.05. The Morgan fingerprint density at radius 1 is 1.14 bits per heavy atom. The van der Waals surface area contributed by atoms with Gasteiger partial charge in [0.25, 0.3) is 0 Å². The van der Waals surface area contributed by atoms with Crippen LogP contribution in [0.3, 0.4) is 0 Å². The number of aryl methyl sites for hydroxylation is 1. The first-order chi connectivity index (χ1) is 10.7. The molecular weight excluding hydrogens is 281 g/mol. The first kappa shape index (κ1) is 14.3. The molecule has 1 N–H and O–H groups in total. The summed E-state index contributed by atoms with van der Waals surface area (Å²) in [5.41, 5.74) is 2.51. The number of imidazole rings is 1. The number of benzene rings is 1. The molecule has 2 heterocycles. The number of amides is 1. The molecule has 3 aromatic rings. The minimum Gasteiger partial charge on any atom is -0.350 e. The van der Waals surface area contributed by atoms with Crippen LogP contribution in [0.25, 0.3) is 5.65 Å². The van der Waals surface area contributed by atoms with Gasteiger partial charge in [-0.15, -0.1) is 0 Å². The maximum atomic E-state index is 13.1. The van der Waals surface area contributed by atoms with Crippen LogP contribution in [-0.4, -0.2) is 15.3 Å². The Kier molecular flexibility index (Phi) is 4.14. The lowest BCUT2D eigenvalue weighted by atomic mass is 10.1. The Balaban J connectivity index is 1.53. The minimum absolute atomic E-state index is 0.0212. The second-order valence-corrected chi connectivity index (χ2v) is 5.11. The largest absolute Gasteiger partial charge is 0.350 e. The lowest BCUT2D eigenvalue weighted by Crippen LogP contribution is -2.23. The van der Waals surface area contributed by atoms with Gasteiger partial charge in [-0.1, -0.05) is 30.3 Å². The van der Waals surface area contributed by atoms with Crippen LogP contribution < -0.4 is 5.32 Å². The maximum Gasteiger partial charge on any atom is 0.220 e. The second-order valence-electron chi connectivity index (χ2n) is 5.11. The van der Waals surface area contributed by atoms with Crippen molar-refractivity contribution in [3.05, 3.63) is 71.9 Å². The number of nitrogens with one attached hydrogen (secondary N) is 1. The van der Waals surface area contributed by atoms with Crippen LogP contribution in [-0.2, 0) is 17.8 Å². The molecule has 4 nitrogen and oxygen atoms in total. The second kappa shape index (κ2) is 6.39. The van der Waals surface area contributed by atoms with Gasteiger partial charge in [-0.3, -0.25) is 4.79 Å². The van der Waals surface area contributed by atoms with Crippen LogP contribution in [0, 0.1) is 5.82 Å². The summed E-state index contributed by atoms with van der Waals surface area (Å²) in [6, 6.07) is 12.9. The summed E-state index contributed by atoms with van der Waals surface area (Å²) in [6.45, 7) is 0.344. The molecule has 0 atom stereocenters. The molecule has 0 radical (unpaired) electrons. The van der Waals surface area contributed by atoms with Crippen LogP contribution in [0.5, 0.6) is 0 Å². The Bertz CT molecular complexity index is 783. The normalized spacial score (nSPS) is 10.8. The molecule has 0 aliphatic carbocycles. The van der Waals surface area contributed by atoms with Gasteiger partial charge in [-0.2, -0.15) is 0 Å². The number of rotatable bonds is 5. The van der Waals surface area contributed by atoms with Crippen LogP contribution in [0.4, 0.5) is 4.39 Å². The summed E-state index contributed by atoms with van der Waals surface area (Å²) >= 11 is 0. The Hall–Kier alpha value is -2.69. The number of hydrogen-bond donors (Lipinski definition) is 1. The fraction of sp³-hybridized carbons (Fsp3) is 0.176. The lowest BCUT2D eigenvalue weighted by molar-refractivity contribution is -0.121. The van der Waals surface area contributed by atoms with Crippen molar-refractivity contribution in [3.63, 3.8) is 0 Å². The standard InChI is InChI=1S/C17H16FN3O/c18-14-7-8-16-20-15(12-21(16)11-14)10-19-17(22)9-6-13-4-2-1-3-5-13/h1-5,7-8,11-12H,6,9-10H2,(H,19,22). The van der Waals surface area contributed by atoms with Crippen molar-refractivity contribution in [1.82, 2.24) is 14.7 Å². The average Bonchev–Trinajstić information content (AvgIpc) is 2.94. The summed E-state index contributed by atoms with van der Waals surface area (Å²) in [6.07, 6.45) is 4.23. The topological polar surface area (TPSA) is 46.4 Å². The van der Waals surface area contributed by atoms with E-state index in [4.69, 9.17) is 0 Å². The van der Waals surface area contributed by atoms with E-state index in [1.165, 1.54) is 12.3 Å².